The number of benzene rings is 1. The van der Waals surface area contributed by atoms with E-state index < -0.39 is 0 Å². The van der Waals surface area contributed by atoms with Gasteiger partial charge < -0.3 is 15.4 Å². The van der Waals surface area contributed by atoms with Gasteiger partial charge in [0.15, 0.2) is 0 Å². The summed E-state index contributed by atoms with van der Waals surface area (Å²) in [6, 6.07) is 8.41. The summed E-state index contributed by atoms with van der Waals surface area (Å²) in [5, 5.41) is 6.34. The molecule has 2 N–H and O–H groups in total. The normalized spacial score (nSPS) is 19.4. The molecule has 0 radical (unpaired) electrons. The van der Waals surface area contributed by atoms with Crippen LogP contribution < -0.4 is 15.4 Å². The second kappa shape index (κ2) is 6.40. The fourth-order valence-electron chi connectivity index (χ4n) is 2.11. The number of ether oxygens (including phenoxy) is 1. The van der Waals surface area contributed by atoms with Gasteiger partial charge in [0, 0.05) is 31.1 Å². The van der Waals surface area contributed by atoms with Gasteiger partial charge in [-0.3, -0.25) is 4.79 Å². The van der Waals surface area contributed by atoms with Crippen LogP contribution in [0.3, 0.4) is 0 Å². The molecule has 0 aromatic heterocycles. The van der Waals surface area contributed by atoms with Crippen molar-refractivity contribution in [2.24, 2.45) is 0 Å². The van der Waals surface area contributed by atoms with Crippen molar-refractivity contribution in [3.63, 3.8) is 0 Å². The molecule has 18 heavy (non-hydrogen) atoms. The molecule has 98 valence electrons. The van der Waals surface area contributed by atoms with Crippen molar-refractivity contribution in [3.05, 3.63) is 29.8 Å². The fourth-order valence-corrected chi connectivity index (χ4v) is 2.11. The minimum atomic E-state index is 0.155. The molecule has 2 rings (SSSR count). The van der Waals surface area contributed by atoms with E-state index in [2.05, 4.69) is 16.7 Å². The van der Waals surface area contributed by atoms with Crippen molar-refractivity contribution in [1.29, 1.82) is 0 Å². The quantitative estimate of drug-likeness (QED) is 0.829. The van der Waals surface area contributed by atoms with Crippen LogP contribution in [0.5, 0.6) is 5.75 Å². The standard InChI is InChI=1S/C14H20N2O2/c1-2-18-13-6-4-3-5-11(13)9-15-12-7-8-14(17)16-10-12/h3-6,12,15H,2,7-10H2,1H3,(H,16,17)/t12-/m0/s1. The highest BCUT2D eigenvalue weighted by molar-refractivity contribution is 5.76. The summed E-state index contributed by atoms with van der Waals surface area (Å²) in [5.74, 6) is 1.09. The second-order valence-corrected chi connectivity index (χ2v) is 4.46. The third kappa shape index (κ3) is 3.47. The summed E-state index contributed by atoms with van der Waals surface area (Å²) < 4.78 is 5.58. The maximum Gasteiger partial charge on any atom is 0.220 e. The molecule has 1 saturated heterocycles. The highest BCUT2D eigenvalue weighted by Gasteiger charge is 2.17. The van der Waals surface area contributed by atoms with Gasteiger partial charge in [-0.2, -0.15) is 0 Å². The van der Waals surface area contributed by atoms with Crippen LogP contribution in [0, 0.1) is 0 Å². The van der Waals surface area contributed by atoms with Crippen molar-refractivity contribution < 1.29 is 9.53 Å². The van der Waals surface area contributed by atoms with Gasteiger partial charge in [0.25, 0.3) is 0 Å². The van der Waals surface area contributed by atoms with Gasteiger partial charge in [0.05, 0.1) is 6.61 Å². The van der Waals surface area contributed by atoms with Crippen molar-refractivity contribution in [2.45, 2.75) is 32.4 Å². The molecule has 1 aliphatic rings. The largest absolute Gasteiger partial charge is 0.494 e. The summed E-state index contributed by atoms with van der Waals surface area (Å²) >= 11 is 0. The zero-order valence-electron chi connectivity index (χ0n) is 10.7. The summed E-state index contributed by atoms with van der Waals surface area (Å²) in [6.45, 7) is 4.16. The number of hydrogen-bond acceptors (Lipinski definition) is 3. The lowest BCUT2D eigenvalue weighted by Crippen LogP contribution is -2.45. The molecule has 1 atom stereocenters. The van der Waals surface area contributed by atoms with Gasteiger partial charge in [0.2, 0.25) is 5.91 Å². The van der Waals surface area contributed by atoms with Crippen LogP contribution in [-0.4, -0.2) is 25.1 Å². The Morgan fingerprint density at radius 1 is 1.44 bits per heavy atom. The van der Waals surface area contributed by atoms with Crippen LogP contribution in [0.25, 0.3) is 0 Å². The number of carbonyl (C=O) groups is 1. The summed E-state index contributed by atoms with van der Waals surface area (Å²) in [7, 11) is 0. The van der Waals surface area contributed by atoms with Gasteiger partial charge in [-0.1, -0.05) is 18.2 Å². The molecule has 1 aromatic carbocycles. The lowest BCUT2D eigenvalue weighted by Gasteiger charge is -2.24. The minimum absolute atomic E-state index is 0.155. The number of carbonyl (C=O) groups excluding carboxylic acids is 1. The maximum absolute atomic E-state index is 11.1. The Kier molecular flexibility index (Phi) is 4.59. The average Bonchev–Trinajstić information content (AvgIpc) is 2.40. The van der Waals surface area contributed by atoms with Crippen molar-refractivity contribution in [3.8, 4) is 5.75 Å². The zero-order chi connectivity index (χ0) is 12.8. The number of hydrogen-bond donors (Lipinski definition) is 2. The first-order valence-electron chi connectivity index (χ1n) is 6.50. The second-order valence-electron chi connectivity index (χ2n) is 4.46. The highest BCUT2D eigenvalue weighted by Crippen LogP contribution is 2.18. The van der Waals surface area contributed by atoms with E-state index in [1.54, 1.807) is 0 Å². The summed E-state index contributed by atoms with van der Waals surface area (Å²) in [4.78, 5) is 11.1. The van der Waals surface area contributed by atoms with Crippen molar-refractivity contribution in [2.75, 3.05) is 13.2 Å². The molecule has 4 nitrogen and oxygen atoms in total. The van der Waals surface area contributed by atoms with E-state index in [1.165, 1.54) is 0 Å². The van der Waals surface area contributed by atoms with E-state index in [0.717, 1.165) is 30.8 Å². The topological polar surface area (TPSA) is 50.4 Å². The first kappa shape index (κ1) is 12.9. The smallest absolute Gasteiger partial charge is 0.220 e. The highest BCUT2D eigenvalue weighted by atomic mass is 16.5. The molecule has 1 aliphatic heterocycles. The molecular formula is C14H20N2O2. The molecule has 0 unspecified atom stereocenters. The van der Waals surface area contributed by atoms with Gasteiger partial charge in [0.1, 0.15) is 5.75 Å². The SMILES string of the molecule is CCOc1ccccc1CN[C@H]1CCC(=O)NC1. The van der Waals surface area contributed by atoms with E-state index in [9.17, 15) is 4.79 Å². The molecule has 4 heteroatoms. The molecular weight excluding hydrogens is 228 g/mol. The Bertz CT molecular complexity index is 397. The van der Waals surface area contributed by atoms with Crippen molar-refractivity contribution in [1.82, 2.24) is 10.6 Å². The summed E-state index contributed by atoms with van der Waals surface area (Å²) in [5.41, 5.74) is 1.16. The Morgan fingerprint density at radius 2 is 2.28 bits per heavy atom. The molecule has 1 aromatic rings. The van der Waals surface area contributed by atoms with Gasteiger partial charge in [-0.25, -0.2) is 0 Å². The minimum Gasteiger partial charge on any atom is -0.494 e. The number of para-hydroxylation sites is 1. The van der Waals surface area contributed by atoms with Crippen LogP contribution in [-0.2, 0) is 11.3 Å². The fraction of sp³-hybridized carbons (Fsp3) is 0.500. The van der Waals surface area contributed by atoms with E-state index in [4.69, 9.17) is 4.74 Å². The predicted molar refractivity (Wildman–Crippen MR) is 70.5 cm³/mol. The average molecular weight is 248 g/mol. The van der Waals surface area contributed by atoms with Crippen LogP contribution in [0.1, 0.15) is 25.3 Å². The first-order valence-corrected chi connectivity index (χ1v) is 6.50. The van der Waals surface area contributed by atoms with Crippen LogP contribution >= 0.6 is 0 Å². The summed E-state index contributed by atoms with van der Waals surface area (Å²) in [6.07, 6.45) is 1.52. The van der Waals surface area contributed by atoms with E-state index >= 15 is 0 Å². The maximum atomic E-state index is 11.1. The number of rotatable bonds is 5. The third-order valence-electron chi connectivity index (χ3n) is 3.12. The predicted octanol–water partition coefficient (Wildman–Crippen LogP) is 1.45. The molecule has 1 fully saturated rings. The van der Waals surface area contributed by atoms with E-state index in [1.807, 2.05) is 25.1 Å². The van der Waals surface area contributed by atoms with Gasteiger partial charge in [-0.05, 0) is 19.4 Å². The van der Waals surface area contributed by atoms with Gasteiger partial charge >= 0.3 is 0 Å². The van der Waals surface area contributed by atoms with Crippen LogP contribution in [0.2, 0.25) is 0 Å². The Labute approximate surface area is 108 Å². The van der Waals surface area contributed by atoms with Crippen molar-refractivity contribution >= 4 is 5.91 Å². The van der Waals surface area contributed by atoms with E-state index in [-0.39, 0.29) is 5.91 Å². The number of piperidine rings is 1. The lowest BCUT2D eigenvalue weighted by atomic mass is 10.1. The third-order valence-corrected chi connectivity index (χ3v) is 3.12. The molecule has 0 saturated carbocycles. The molecule has 1 heterocycles. The molecule has 0 aliphatic carbocycles. The first-order chi connectivity index (χ1) is 8.79. The van der Waals surface area contributed by atoms with E-state index in [0.29, 0.717) is 19.1 Å². The Morgan fingerprint density at radius 3 is 3.00 bits per heavy atom. The molecule has 0 spiro atoms. The Balaban J connectivity index is 1.87. The number of nitrogens with one attached hydrogen (secondary N) is 2. The zero-order valence-corrected chi connectivity index (χ0v) is 10.7. The monoisotopic (exact) mass is 248 g/mol. The van der Waals surface area contributed by atoms with Crippen LogP contribution in [0.4, 0.5) is 0 Å². The lowest BCUT2D eigenvalue weighted by molar-refractivity contribution is -0.122. The van der Waals surface area contributed by atoms with Gasteiger partial charge in [-0.15, -0.1) is 0 Å². The number of amides is 1. The van der Waals surface area contributed by atoms with Crippen LogP contribution in [0.15, 0.2) is 24.3 Å². The molecule has 0 bridgehead atoms. The molecule has 1 amide bonds. The Hall–Kier alpha value is -1.55.